The molecule has 0 unspecified atom stereocenters. The molecule has 2 aromatic carbocycles. The molecule has 0 spiro atoms. The molecule has 1 fully saturated rings. The van der Waals surface area contributed by atoms with E-state index in [-0.39, 0.29) is 45.6 Å². The molecule has 0 saturated heterocycles. The number of anilines is 1. The van der Waals surface area contributed by atoms with Crippen molar-refractivity contribution in [3.63, 3.8) is 0 Å². The molecule has 0 bridgehead atoms. The summed E-state index contributed by atoms with van der Waals surface area (Å²) >= 11 is 19.0. The van der Waals surface area contributed by atoms with Gasteiger partial charge in [0, 0.05) is 34.4 Å². The molecule has 14 heteroatoms. The third-order valence-corrected chi connectivity index (χ3v) is 8.92. The zero-order valence-electron chi connectivity index (χ0n) is 20.8. The van der Waals surface area contributed by atoms with E-state index in [2.05, 4.69) is 14.8 Å². The summed E-state index contributed by atoms with van der Waals surface area (Å²) < 4.78 is 47.9. The number of ether oxygens (including phenoxy) is 1. The van der Waals surface area contributed by atoms with E-state index in [1.54, 1.807) is 12.1 Å². The summed E-state index contributed by atoms with van der Waals surface area (Å²) in [6, 6.07) is 8.28. The molecule has 1 aliphatic rings. The summed E-state index contributed by atoms with van der Waals surface area (Å²) in [4.78, 5) is 24.2. The lowest BCUT2D eigenvalue weighted by Crippen LogP contribution is -2.46. The van der Waals surface area contributed by atoms with Crippen molar-refractivity contribution in [2.24, 2.45) is 0 Å². The number of aromatic nitrogens is 2. The van der Waals surface area contributed by atoms with Gasteiger partial charge in [-0.25, -0.2) is 14.4 Å². The van der Waals surface area contributed by atoms with Crippen molar-refractivity contribution < 1.29 is 27.2 Å². The molecule has 9 nitrogen and oxygen atoms in total. The standard InChI is InChI=1S/C25H24Cl3FN4O5S/c1-32(2)21-9-15(17-10-16(26)4-5-18(17)27)3-6-22(21)38-23-12-20(29)24(11-19(23)28)39(35,36)33(37-14-34)25-7-8-30-13-31-25/h4-5,7-8,10-15,21-22H,3,6,9H2,1-2H3/t15-,21-,22-/m0/s1. The van der Waals surface area contributed by atoms with Crippen LogP contribution in [-0.4, -0.2) is 56.0 Å². The van der Waals surface area contributed by atoms with E-state index in [9.17, 15) is 13.2 Å². The van der Waals surface area contributed by atoms with Crippen LogP contribution < -0.4 is 9.21 Å². The molecule has 4 rings (SSSR count). The molecule has 0 N–H and O–H groups in total. The minimum atomic E-state index is -4.75. The fourth-order valence-corrected chi connectivity index (χ4v) is 6.60. The summed E-state index contributed by atoms with van der Waals surface area (Å²) in [5, 5.41) is 1.10. The molecule has 39 heavy (non-hydrogen) atoms. The van der Waals surface area contributed by atoms with Gasteiger partial charge in [-0.3, -0.25) is 4.79 Å². The van der Waals surface area contributed by atoms with Crippen LogP contribution in [0.3, 0.4) is 0 Å². The summed E-state index contributed by atoms with van der Waals surface area (Å²) in [5.74, 6) is -1.34. The number of benzene rings is 2. The molecular formula is C25H24Cl3FN4O5S. The molecule has 0 amide bonds. The number of nitrogens with zero attached hydrogens (tertiary/aromatic N) is 4. The fraction of sp³-hybridized carbons (Fsp3) is 0.320. The van der Waals surface area contributed by atoms with E-state index >= 15 is 4.39 Å². The van der Waals surface area contributed by atoms with E-state index in [1.165, 1.54) is 12.3 Å². The van der Waals surface area contributed by atoms with Crippen molar-refractivity contribution in [2.75, 3.05) is 18.6 Å². The summed E-state index contributed by atoms with van der Waals surface area (Å²) in [7, 11) is -0.921. The molecule has 0 radical (unpaired) electrons. The van der Waals surface area contributed by atoms with Crippen LogP contribution in [0.25, 0.3) is 0 Å². The van der Waals surface area contributed by atoms with Crippen LogP contribution in [0.5, 0.6) is 5.75 Å². The minimum absolute atomic E-state index is 0.0194. The van der Waals surface area contributed by atoms with Crippen molar-refractivity contribution in [3.05, 3.63) is 75.4 Å². The SMILES string of the molecule is CN(C)[C@H]1C[C@@H](c2cc(Cl)ccc2Cl)CC[C@@H]1Oc1cc(F)c(S(=O)(=O)N(OC=O)c2ccncn2)cc1Cl. The van der Waals surface area contributed by atoms with Crippen molar-refractivity contribution in [3.8, 4) is 5.75 Å². The highest BCUT2D eigenvalue weighted by atomic mass is 35.5. The third-order valence-electron chi connectivity index (χ3n) is 6.47. The van der Waals surface area contributed by atoms with Gasteiger partial charge in [0.25, 0.3) is 10.0 Å². The monoisotopic (exact) mass is 616 g/mol. The molecule has 3 aromatic rings. The number of halogens is 4. The second kappa shape index (κ2) is 12.2. The average molecular weight is 618 g/mol. The van der Waals surface area contributed by atoms with Gasteiger partial charge in [0.15, 0.2) is 5.82 Å². The Balaban J connectivity index is 1.59. The predicted molar refractivity (Wildman–Crippen MR) is 145 cm³/mol. The van der Waals surface area contributed by atoms with Crippen LogP contribution in [0.4, 0.5) is 10.2 Å². The number of carbonyl (C=O) groups excluding carboxylic acids is 1. The highest BCUT2D eigenvalue weighted by Crippen LogP contribution is 2.41. The molecule has 0 aliphatic heterocycles. The smallest absolute Gasteiger partial charge is 0.322 e. The van der Waals surface area contributed by atoms with Crippen LogP contribution >= 0.6 is 34.8 Å². The first-order chi connectivity index (χ1) is 18.5. The van der Waals surface area contributed by atoms with Gasteiger partial charge < -0.3 is 14.5 Å². The van der Waals surface area contributed by atoms with Gasteiger partial charge in [-0.2, -0.15) is 8.42 Å². The van der Waals surface area contributed by atoms with Gasteiger partial charge in [0.05, 0.1) is 5.02 Å². The first-order valence-electron chi connectivity index (χ1n) is 11.7. The summed E-state index contributed by atoms with van der Waals surface area (Å²) in [6.07, 6.45) is 3.94. The zero-order chi connectivity index (χ0) is 28.3. The first kappa shape index (κ1) is 29.3. The Bertz CT molecular complexity index is 1450. The van der Waals surface area contributed by atoms with E-state index in [1.807, 2.05) is 25.1 Å². The Hall–Kier alpha value is -2.70. The largest absolute Gasteiger partial charge is 0.487 e. The number of hydrogen-bond donors (Lipinski definition) is 0. The number of likely N-dealkylation sites (N-methyl/N-ethyl adjacent to an activating group) is 1. The Labute approximate surface area is 240 Å². The van der Waals surface area contributed by atoms with E-state index in [4.69, 9.17) is 39.5 Å². The van der Waals surface area contributed by atoms with Crippen LogP contribution in [-0.2, 0) is 19.7 Å². The Morgan fingerprint density at radius 2 is 1.85 bits per heavy atom. The second-order valence-electron chi connectivity index (χ2n) is 9.08. The van der Waals surface area contributed by atoms with Crippen LogP contribution in [0.15, 0.2) is 53.8 Å². The predicted octanol–water partition coefficient (Wildman–Crippen LogP) is 5.50. The normalized spacial score (nSPS) is 19.5. The highest BCUT2D eigenvalue weighted by Gasteiger charge is 2.36. The summed E-state index contributed by atoms with van der Waals surface area (Å²) in [5.41, 5.74) is 0.957. The highest BCUT2D eigenvalue weighted by molar-refractivity contribution is 7.92. The Morgan fingerprint density at radius 1 is 1.08 bits per heavy atom. The van der Waals surface area contributed by atoms with Gasteiger partial charge in [-0.15, -0.1) is 0 Å². The maximum absolute atomic E-state index is 15.3. The van der Waals surface area contributed by atoms with Crippen LogP contribution in [0.2, 0.25) is 15.1 Å². The van der Waals surface area contributed by atoms with Gasteiger partial charge in [-0.1, -0.05) is 39.3 Å². The van der Waals surface area contributed by atoms with E-state index in [0.29, 0.717) is 22.9 Å². The number of hydrogen-bond acceptors (Lipinski definition) is 8. The quantitative estimate of drug-likeness (QED) is 0.229. The first-order valence-corrected chi connectivity index (χ1v) is 14.3. The summed E-state index contributed by atoms with van der Waals surface area (Å²) in [6.45, 7) is -0.120. The lowest BCUT2D eigenvalue weighted by Gasteiger charge is -2.40. The average Bonchev–Trinajstić information content (AvgIpc) is 2.91. The maximum Gasteiger partial charge on any atom is 0.322 e. The lowest BCUT2D eigenvalue weighted by molar-refractivity contribution is -0.128. The van der Waals surface area contributed by atoms with Gasteiger partial charge in [0.2, 0.25) is 0 Å². The third kappa shape index (κ3) is 6.38. The van der Waals surface area contributed by atoms with Crippen LogP contribution in [0.1, 0.15) is 30.7 Å². The van der Waals surface area contributed by atoms with Gasteiger partial charge >= 0.3 is 6.47 Å². The number of sulfonamides is 1. The Morgan fingerprint density at radius 3 is 2.51 bits per heavy atom. The zero-order valence-corrected chi connectivity index (χ0v) is 23.9. The molecule has 1 aromatic heterocycles. The fourth-order valence-electron chi connectivity index (χ4n) is 4.63. The van der Waals surface area contributed by atoms with Crippen molar-refractivity contribution in [1.29, 1.82) is 0 Å². The van der Waals surface area contributed by atoms with Crippen LogP contribution in [0, 0.1) is 5.82 Å². The topological polar surface area (TPSA) is 102 Å². The molecular weight excluding hydrogens is 594 g/mol. The van der Waals surface area contributed by atoms with E-state index in [0.717, 1.165) is 30.4 Å². The molecule has 3 atom stereocenters. The van der Waals surface area contributed by atoms with Gasteiger partial charge in [0.1, 0.15) is 28.9 Å². The number of rotatable bonds is 9. The van der Waals surface area contributed by atoms with E-state index < -0.39 is 20.7 Å². The van der Waals surface area contributed by atoms with Crippen molar-refractivity contribution in [2.45, 2.75) is 42.2 Å². The molecule has 208 valence electrons. The second-order valence-corrected chi connectivity index (χ2v) is 12.0. The molecule has 1 heterocycles. The number of carbonyl (C=O) groups is 1. The minimum Gasteiger partial charge on any atom is -0.487 e. The maximum atomic E-state index is 15.3. The van der Waals surface area contributed by atoms with Gasteiger partial charge in [-0.05, 0) is 69.1 Å². The lowest BCUT2D eigenvalue weighted by atomic mass is 9.79. The molecule has 1 saturated carbocycles. The Kier molecular flexibility index (Phi) is 9.18. The van der Waals surface area contributed by atoms with Crippen molar-refractivity contribution >= 4 is 57.1 Å². The van der Waals surface area contributed by atoms with Crippen molar-refractivity contribution in [1.82, 2.24) is 14.9 Å². The molecule has 1 aliphatic carbocycles.